The smallest absolute Gasteiger partial charge is 0.243 e. The van der Waals surface area contributed by atoms with Gasteiger partial charge in [-0.2, -0.15) is 0 Å². The van der Waals surface area contributed by atoms with Gasteiger partial charge in [0.05, 0.1) is 25.8 Å². The van der Waals surface area contributed by atoms with E-state index in [0.717, 1.165) is 62.3 Å². The summed E-state index contributed by atoms with van der Waals surface area (Å²) < 4.78 is 13.8. The third kappa shape index (κ3) is 4.01. The standard InChI is InChI=1S/C11H10IN3O.C11H13IN2O/c1-13-7-4-8-6-16-10-9(12)2-3-14-11(10)15(8)5-7;1-7-4-8-6-15-10-9(12)2-3-13-11(10)14(8)5-7/h2-3,7-8H,4-6H2;2-3,7-8H,4-6H2,1H3/t7-,8-;7-,8+/m01/s1. The average molecular weight is 643 g/mol. The molecule has 4 atom stereocenters. The van der Waals surface area contributed by atoms with Gasteiger partial charge in [-0.1, -0.05) is 6.92 Å². The fourth-order valence-electron chi connectivity index (χ4n) is 4.84. The van der Waals surface area contributed by atoms with Crippen LogP contribution in [0, 0.1) is 19.6 Å². The van der Waals surface area contributed by atoms with E-state index in [0.29, 0.717) is 18.7 Å². The summed E-state index contributed by atoms with van der Waals surface area (Å²) in [7, 11) is 0. The van der Waals surface area contributed by atoms with Crippen LogP contribution in [0.15, 0.2) is 24.5 Å². The molecular weight excluding hydrogens is 620 g/mol. The Labute approximate surface area is 209 Å². The molecule has 162 valence electrons. The van der Waals surface area contributed by atoms with Gasteiger partial charge >= 0.3 is 0 Å². The van der Waals surface area contributed by atoms with E-state index in [1.54, 1.807) is 6.20 Å². The lowest BCUT2D eigenvalue weighted by atomic mass is 10.1. The third-order valence-electron chi connectivity index (χ3n) is 6.26. The number of aromatic nitrogens is 2. The molecule has 2 saturated heterocycles. The third-order valence-corrected chi connectivity index (χ3v) is 7.96. The highest BCUT2D eigenvalue weighted by Crippen LogP contribution is 2.41. The second-order valence-electron chi connectivity index (χ2n) is 8.48. The number of nitrogens with zero attached hydrogens (tertiary/aromatic N) is 5. The van der Waals surface area contributed by atoms with Crippen LogP contribution in [-0.2, 0) is 0 Å². The van der Waals surface area contributed by atoms with Crippen molar-refractivity contribution in [2.45, 2.75) is 37.9 Å². The molecule has 6 rings (SSSR count). The minimum absolute atomic E-state index is 0.0965. The molecule has 31 heavy (non-hydrogen) atoms. The second-order valence-corrected chi connectivity index (χ2v) is 10.8. The molecule has 0 saturated carbocycles. The van der Waals surface area contributed by atoms with Crippen LogP contribution in [0.3, 0.4) is 0 Å². The topological polar surface area (TPSA) is 55.1 Å². The number of halogens is 2. The van der Waals surface area contributed by atoms with E-state index < -0.39 is 0 Å². The van der Waals surface area contributed by atoms with E-state index in [9.17, 15) is 0 Å². The average Bonchev–Trinajstić information content (AvgIpc) is 3.37. The first-order valence-electron chi connectivity index (χ1n) is 10.5. The monoisotopic (exact) mass is 643 g/mol. The zero-order valence-electron chi connectivity index (χ0n) is 17.2. The Hall–Kier alpha value is -1.55. The van der Waals surface area contributed by atoms with E-state index in [2.05, 4.69) is 76.7 Å². The van der Waals surface area contributed by atoms with Gasteiger partial charge in [-0.05, 0) is 69.7 Å². The van der Waals surface area contributed by atoms with Crippen molar-refractivity contribution in [1.29, 1.82) is 0 Å². The molecule has 0 bridgehead atoms. The minimum Gasteiger partial charge on any atom is -0.486 e. The Morgan fingerprint density at radius 1 is 0.935 bits per heavy atom. The van der Waals surface area contributed by atoms with Crippen LogP contribution in [0.2, 0.25) is 0 Å². The van der Waals surface area contributed by atoms with Crippen molar-refractivity contribution in [3.05, 3.63) is 43.1 Å². The predicted octanol–water partition coefficient (Wildman–Crippen LogP) is 4.24. The van der Waals surface area contributed by atoms with Gasteiger partial charge in [0.1, 0.15) is 13.2 Å². The maximum atomic E-state index is 7.11. The van der Waals surface area contributed by atoms with E-state index in [4.69, 9.17) is 16.0 Å². The quantitative estimate of drug-likeness (QED) is 0.317. The van der Waals surface area contributed by atoms with Crippen LogP contribution in [0.5, 0.6) is 11.5 Å². The summed E-state index contributed by atoms with van der Waals surface area (Å²) >= 11 is 4.57. The van der Waals surface area contributed by atoms with E-state index in [1.165, 1.54) is 6.42 Å². The molecular formula is C22H23I2N5O2. The van der Waals surface area contributed by atoms with Crippen LogP contribution in [0.4, 0.5) is 11.6 Å². The highest BCUT2D eigenvalue weighted by atomic mass is 127. The van der Waals surface area contributed by atoms with Gasteiger partial charge in [0.25, 0.3) is 0 Å². The molecule has 4 aliphatic heterocycles. The molecule has 0 unspecified atom stereocenters. The lowest BCUT2D eigenvalue weighted by Gasteiger charge is -2.32. The van der Waals surface area contributed by atoms with Crippen molar-refractivity contribution in [3.8, 4) is 11.5 Å². The Kier molecular flexibility index (Phi) is 6.02. The van der Waals surface area contributed by atoms with Gasteiger partial charge in [0.15, 0.2) is 23.1 Å². The summed E-state index contributed by atoms with van der Waals surface area (Å²) in [4.78, 5) is 17.1. The number of pyridine rings is 2. The van der Waals surface area contributed by atoms with Gasteiger partial charge in [0, 0.05) is 25.4 Å². The van der Waals surface area contributed by atoms with E-state index in [1.807, 2.05) is 18.3 Å². The van der Waals surface area contributed by atoms with Gasteiger partial charge in [-0.3, -0.25) is 0 Å². The largest absolute Gasteiger partial charge is 0.486 e. The van der Waals surface area contributed by atoms with Crippen LogP contribution in [0.25, 0.3) is 4.85 Å². The number of hydrogen-bond donors (Lipinski definition) is 0. The second kappa shape index (κ2) is 8.77. The zero-order chi connectivity index (χ0) is 21.5. The zero-order valence-corrected chi connectivity index (χ0v) is 21.5. The van der Waals surface area contributed by atoms with Crippen molar-refractivity contribution in [2.75, 3.05) is 36.1 Å². The molecule has 0 amide bonds. The number of hydrogen-bond acceptors (Lipinski definition) is 6. The molecule has 0 spiro atoms. The summed E-state index contributed by atoms with van der Waals surface area (Å²) in [5, 5.41) is 0. The summed E-state index contributed by atoms with van der Waals surface area (Å²) in [6, 6.07) is 4.91. The van der Waals surface area contributed by atoms with Crippen molar-refractivity contribution in [1.82, 2.24) is 9.97 Å². The summed E-state index contributed by atoms with van der Waals surface area (Å²) in [5.74, 6) is 4.56. The molecule has 2 fully saturated rings. The first kappa shape index (κ1) is 21.3. The Morgan fingerprint density at radius 2 is 1.48 bits per heavy atom. The fraction of sp³-hybridized carbons (Fsp3) is 0.500. The number of rotatable bonds is 0. The molecule has 2 aromatic rings. The van der Waals surface area contributed by atoms with Gasteiger partial charge in [0.2, 0.25) is 6.04 Å². The lowest BCUT2D eigenvalue weighted by Crippen LogP contribution is -2.39. The predicted molar refractivity (Wildman–Crippen MR) is 136 cm³/mol. The van der Waals surface area contributed by atoms with Crippen LogP contribution >= 0.6 is 45.2 Å². The van der Waals surface area contributed by atoms with Crippen molar-refractivity contribution in [3.63, 3.8) is 0 Å². The summed E-state index contributed by atoms with van der Waals surface area (Å²) in [6.07, 6.45) is 5.80. The van der Waals surface area contributed by atoms with Crippen molar-refractivity contribution >= 4 is 56.8 Å². The maximum Gasteiger partial charge on any atom is 0.243 e. The minimum atomic E-state index is 0.0965. The Bertz CT molecular complexity index is 1030. The van der Waals surface area contributed by atoms with Gasteiger partial charge < -0.3 is 24.1 Å². The normalized spacial score (nSPS) is 27.4. The summed E-state index contributed by atoms with van der Waals surface area (Å²) in [6.45, 7) is 12.8. The molecule has 6 heterocycles. The van der Waals surface area contributed by atoms with E-state index in [-0.39, 0.29) is 6.04 Å². The van der Waals surface area contributed by atoms with E-state index >= 15 is 0 Å². The highest BCUT2D eigenvalue weighted by molar-refractivity contribution is 14.1. The molecule has 4 aliphatic rings. The first-order chi connectivity index (χ1) is 15.0. The van der Waals surface area contributed by atoms with Crippen LogP contribution in [-0.4, -0.2) is 54.4 Å². The molecule has 0 aliphatic carbocycles. The SMILES string of the molecule is C[C@@H]1C[C@H]2COc3c(I)ccnc3N2C1.[C-]#[N+][C@H]1C[C@H]2COc3c(I)ccnc3N2C1. The summed E-state index contributed by atoms with van der Waals surface area (Å²) in [5.41, 5.74) is 0. The van der Waals surface area contributed by atoms with Crippen molar-refractivity contribution < 1.29 is 9.47 Å². The van der Waals surface area contributed by atoms with Gasteiger partial charge in [-0.25, -0.2) is 16.5 Å². The Morgan fingerprint density at radius 3 is 2.06 bits per heavy atom. The van der Waals surface area contributed by atoms with Gasteiger partial charge in [-0.15, -0.1) is 0 Å². The molecule has 0 aromatic carbocycles. The van der Waals surface area contributed by atoms with Crippen LogP contribution in [0.1, 0.15) is 19.8 Å². The van der Waals surface area contributed by atoms with Crippen LogP contribution < -0.4 is 19.3 Å². The first-order valence-corrected chi connectivity index (χ1v) is 12.6. The Balaban J connectivity index is 0.000000132. The fourth-order valence-corrected chi connectivity index (χ4v) is 5.95. The molecule has 0 radical (unpaired) electrons. The number of fused-ring (bicyclic) bond motifs is 6. The lowest BCUT2D eigenvalue weighted by molar-refractivity contribution is 0.266. The number of ether oxygens (including phenoxy) is 2. The highest BCUT2D eigenvalue weighted by Gasteiger charge is 2.41. The molecule has 0 N–H and O–H groups in total. The molecule has 2 aromatic heterocycles. The maximum absolute atomic E-state index is 7.11. The molecule has 7 nitrogen and oxygen atoms in total. The number of anilines is 2. The van der Waals surface area contributed by atoms with Crippen molar-refractivity contribution in [2.24, 2.45) is 5.92 Å². The molecule has 9 heteroatoms.